The fourth-order valence-corrected chi connectivity index (χ4v) is 2.28. The molecule has 2 aromatic carbocycles. The lowest BCUT2D eigenvalue weighted by Crippen LogP contribution is -2.19. The van der Waals surface area contributed by atoms with Gasteiger partial charge in [-0.05, 0) is 24.0 Å². The van der Waals surface area contributed by atoms with Gasteiger partial charge < -0.3 is 9.57 Å². The quantitative estimate of drug-likeness (QED) is 0.468. The number of carbonyl (C=O) groups is 1. The Labute approximate surface area is 130 Å². The van der Waals surface area contributed by atoms with E-state index in [2.05, 4.69) is 17.3 Å². The number of carbonyl (C=O) groups excluding carboxylic acids is 1. The van der Waals surface area contributed by atoms with Gasteiger partial charge in [-0.1, -0.05) is 59.8 Å². The monoisotopic (exact) mass is 297 g/mol. The Hall–Kier alpha value is -2.62. The van der Waals surface area contributed by atoms with Crippen LogP contribution in [0.25, 0.3) is 0 Å². The number of esters is 1. The Morgan fingerprint density at radius 2 is 1.64 bits per heavy atom. The standard InChI is InChI=1S/C18H19NO3/c1-21-18(20)17(19-22-2)16-11-7-6-10-15(16)13-12-14-8-4-3-5-9-14/h3-11H,12-13H2,1-2H3/b19-17+. The topological polar surface area (TPSA) is 47.9 Å². The van der Waals surface area contributed by atoms with Gasteiger partial charge in [0.15, 0.2) is 5.71 Å². The van der Waals surface area contributed by atoms with E-state index in [9.17, 15) is 4.79 Å². The molecule has 0 radical (unpaired) electrons. The van der Waals surface area contributed by atoms with Crippen molar-refractivity contribution in [2.45, 2.75) is 12.8 Å². The first kappa shape index (κ1) is 15.8. The molecule has 0 heterocycles. The number of benzene rings is 2. The van der Waals surface area contributed by atoms with Crippen LogP contribution in [0.2, 0.25) is 0 Å². The highest BCUT2D eigenvalue weighted by atomic mass is 16.6. The molecular formula is C18H19NO3. The summed E-state index contributed by atoms with van der Waals surface area (Å²) in [5, 5.41) is 3.82. The summed E-state index contributed by atoms with van der Waals surface area (Å²) in [6.07, 6.45) is 1.69. The first-order valence-electron chi connectivity index (χ1n) is 7.08. The Bertz CT molecular complexity index is 650. The lowest BCUT2D eigenvalue weighted by molar-refractivity contribution is -0.132. The highest BCUT2D eigenvalue weighted by Gasteiger charge is 2.18. The van der Waals surface area contributed by atoms with Crippen molar-refractivity contribution < 1.29 is 14.4 Å². The molecule has 0 fully saturated rings. The Balaban J connectivity index is 2.26. The Morgan fingerprint density at radius 3 is 2.32 bits per heavy atom. The molecule has 0 saturated carbocycles. The van der Waals surface area contributed by atoms with Crippen LogP contribution < -0.4 is 0 Å². The average Bonchev–Trinajstić information content (AvgIpc) is 2.58. The van der Waals surface area contributed by atoms with Gasteiger partial charge in [0, 0.05) is 5.56 Å². The zero-order chi connectivity index (χ0) is 15.8. The second-order valence-corrected chi connectivity index (χ2v) is 4.76. The molecule has 0 atom stereocenters. The van der Waals surface area contributed by atoms with Crippen LogP contribution >= 0.6 is 0 Å². The van der Waals surface area contributed by atoms with Crippen molar-refractivity contribution in [1.82, 2.24) is 0 Å². The number of rotatable bonds is 6. The van der Waals surface area contributed by atoms with Crippen molar-refractivity contribution in [1.29, 1.82) is 0 Å². The van der Waals surface area contributed by atoms with Crippen LogP contribution in [0.1, 0.15) is 16.7 Å². The van der Waals surface area contributed by atoms with Gasteiger partial charge in [-0.3, -0.25) is 0 Å². The molecule has 0 N–H and O–H groups in total. The summed E-state index contributed by atoms with van der Waals surface area (Å²) in [4.78, 5) is 16.7. The molecule has 0 aliphatic rings. The predicted molar refractivity (Wildman–Crippen MR) is 85.9 cm³/mol. The summed E-state index contributed by atoms with van der Waals surface area (Å²) >= 11 is 0. The van der Waals surface area contributed by atoms with Crippen molar-refractivity contribution >= 4 is 11.7 Å². The highest BCUT2D eigenvalue weighted by molar-refractivity contribution is 6.43. The molecule has 2 aromatic rings. The second-order valence-electron chi connectivity index (χ2n) is 4.76. The summed E-state index contributed by atoms with van der Waals surface area (Å²) in [5.74, 6) is -0.506. The minimum Gasteiger partial charge on any atom is -0.464 e. The van der Waals surface area contributed by atoms with Gasteiger partial charge in [-0.15, -0.1) is 0 Å². The van der Waals surface area contributed by atoms with Crippen molar-refractivity contribution in [2.24, 2.45) is 5.16 Å². The van der Waals surface area contributed by atoms with E-state index in [0.29, 0.717) is 0 Å². The lowest BCUT2D eigenvalue weighted by Gasteiger charge is -2.10. The molecule has 0 aromatic heterocycles. The van der Waals surface area contributed by atoms with E-state index in [1.165, 1.54) is 19.8 Å². The van der Waals surface area contributed by atoms with E-state index in [4.69, 9.17) is 9.57 Å². The number of ether oxygens (including phenoxy) is 1. The van der Waals surface area contributed by atoms with Crippen LogP contribution in [0.5, 0.6) is 0 Å². The molecule has 114 valence electrons. The minimum absolute atomic E-state index is 0.189. The van der Waals surface area contributed by atoms with Gasteiger partial charge in [0.2, 0.25) is 0 Å². The van der Waals surface area contributed by atoms with Crippen LogP contribution in [-0.2, 0) is 27.2 Å². The van der Waals surface area contributed by atoms with E-state index >= 15 is 0 Å². The number of oxime groups is 1. The minimum atomic E-state index is -0.506. The van der Waals surface area contributed by atoms with Crippen molar-refractivity contribution in [2.75, 3.05) is 14.2 Å². The SMILES string of the molecule is CO/N=C(/C(=O)OC)c1ccccc1CCc1ccccc1. The maximum atomic E-state index is 11.9. The molecular weight excluding hydrogens is 278 g/mol. The maximum absolute atomic E-state index is 11.9. The molecule has 0 aliphatic heterocycles. The van der Waals surface area contributed by atoms with E-state index in [1.54, 1.807) is 0 Å². The first-order valence-corrected chi connectivity index (χ1v) is 7.08. The largest absolute Gasteiger partial charge is 0.464 e. The van der Waals surface area contributed by atoms with E-state index in [0.717, 1.165) is 24.0 Å². The molecule has 0 aliphatic carbocycles. The molecule has 4 heteroatoms. The molecule has 0 saturated heterocycles. The van der Waals surface area contributed by atoms with Crippen LogP contribution in [0.15, 0.2) is 59.8 Å². The molecule has 0 unspecified atom stereocenters. The van der Waals surface area contributed by atoms with Gasteiger partial charge in [0.1, 0.15) is 7.11 Å². The van der Waals surface area contributed by atoms with Crippen LogP contribution in [0.3, 0.4) is 0 Å². The fraction of sp³-hybridized carbons (Fsp3) is 0.222. The van der Waals surface area contributed by atoms with Crippen LogP contribution in [0, 0.1) is 0 Å². The third-order valence-electron chi connectivity index (χ3n) is 3.36. The van der Waals surface area contributed by atoms with E-state index < -0.39 is 5.97 Å². The zero-order valence-corrected chi connectivity index (χ0v) is 12.8. The summed E-state index contributed by atoms with van der Waals surface area (Å²) in [6.45, 7) is 0. The summed E-state index contributed by atoms with van der Waals surface area (Å²) < 4.78 is 4.79. The number of aryl methyl sites for hydroxylation is 2. The first-order chi connectivity index (χ1) is 10.8. The third-order valence-corrected chi connectivity index (χ3v) is 3.36. The molecule has 2 rings (SSSR count). The molecule has 22 heavy (non-hydrogen) atoms. The highest BCUT2D eigenvalue weighted by Crippen LogP contribution is 2.15. The predicted octanol–water partition coefficient (Wildman–Crippen LogP) is 3.00. The van der Waals surface area contributed by atoms with Crippen molar-refractivity contribution in [3.63, 3.8) is 0 Å². The molecule has 0 bridgehead atoms. The number of methoxy groups -OCH3 is 1. The summed E-state index contributed by atoms with van der Waals surface area (Å²) in [6, 6.07) is 17.9. The fourth-order valence-electron chi connectivity index (χ4n) is 2.28. The smallest absolute Gasteiger partial charge is 0.360 e. The van der Waals surface area contributed by atoms with Crippen molar-refractivity contribution in [3.05, 3.63) is 71.3 Å². The van der Waals surface area contributed by atoms with Gasteiger partial charge >= 0.3 is 5.97 Å². The van der Waals surface area contributed by atoms with Crippen LogP contribution in [-0.4, -0.2) is 25.9 Å². The zero-order valence-electron chi connectivity index (χ0n) is 12.8. The Kier molecular flexibility index (Phi) is 5.72. The van der Waals surface area contributed by atoms with Gasteiger partial charge in [-0.2, -0.15) is 0 Å². The molecule has 0 spiro atoms. The molecule has 4 nitrogen and oxygen atoms in total. The maximum Gasteiger partial charge on any atom is 0.360 e. The van der Waals surface area contributed by atoms with Gasteiger partial charge in [-0.25, -0.2) is 4.79 Å². The lowest BCUT2D eigenvalue weighted by atomic mass is 9.97. The van der Waals surface area contributed by atoms with Gasteiger partial charge in [0.05, 0.1) is 7.11 Å². The molecule has 0 amide bonds. The second kappa shape index (κ2) is 7.98. The van der Waals surface area contributed by atoms with E-state index in [1.807, 2.05) is 42.5 Å². The number of hydrogen-bond acceptors (Lipinski definition) is 4. The third kappa shape index (κ3) is 3.95. The summed E-state index contributed by atoms with van der Waals surface area (Å²) in [5.41, 5.74) is 3.22. The normalized spacial score (nSPS) is 11.1. The van der Waals surface area contributed by atoms with Crippen LogP contribution in [0.4, 0.5) is 0 Å². The Morgan fingerprint density at radius 1 is 0.955 bits per heavy atom. The van der Waals surface area contributed by atoms with Crippen molar-refractivity contribution in [3.8, 4) is 0 Å². The number of nitrogens with zero attached hydrogens (tertiary/aromatic N) is 1. The summed E-state index contributed by atoms with van der Waals surface area (Å²) in [7, 11) is 2.75. The average molecular weight is 297 g/mol. The number of hydrogen-bond donors (Lipinski definition) is 0. The van der Waals surface area contributed by atoms with Gasteiger partial charge in [0.25, 0.3) is 0 Å². The van der Waals surface area contributed by atoms with E-state index in [-0.39, 0.29) is 5.71 Å².